The number of nitrogens with one attached hydrogen (secondary N) is 2. The van der Waals surface area contributed by atoms with Gasteiger partial charge in [0.15, 0.2) is 0 Å². The van der Waals surface area contributed by atoms with Crippen molar-refractivity contribution in [2.24, 2.45) is 7.05 Å². The molecule has 2 N–H and O–H groups in total. The van der Waals surface area contributed by atoms with Crippen LogP contribution in [0.25, 0.3) is 11.0 Å². The molecule has 0 saturated carbocycles. The summed E-state index contributed by atoms with van der Waals surface area (Å²) in [6.07, 6.45) is 1.73. The molecule has 0 radical (unpaired) electrons. The highest BCUT2D eigenvalue weighted by atomic mass is 16.1. The van der Waals surface area contributed by atoms with Crippen LogP contribution in [-0.2, 0) is 13.6 Å². The summed E-state index contributed by atoms with van der Waals surface area (Å²) in [5.41, 5.74) is 2.67. The fourth-order valence-electron chi connectivity index (χ4n) is 3.10. The summed E-state index contributed by atoms with van der Waals surface area (Å²) in [5, 5.41) is 8.07. The topological polar surface area (TPSA) is 85.8 Å². The first kappa shape index (κ1) is 14.0. The van der Waals surface area contributed by atoms with Crippen molar-refractivity contribution in [3.05, 3.63) is 40.8 Å². The minimum Gasteiger partial charge on any atom is -0.367 e. The number of nitrogens with zero attached hydrogens (tertiary/aromatic N) is 5. The number of aryl methyl sites for hydroxylation is 1. The van der Waals surface area contributed by atoms with Gasteiger partial charge in [0.2, 0.25) is 0 Å². The average molecular weight is 313 g/mol. The Balaban J connectivity index is 1.48. The van der Waals surface area contributed by atoms with E-state index in [2.05, 4.69) is 36.0 Å². The van der Waals surface area contributed by atoms with Crippen LogP contribution in [0.5, 0.6) is 0 Å². The maximum Gasteiger partial charge on any atom is 0.323 e. The molecular formula is C15H19N7O. The van der Waals surface area contributed by atoms with E-state index >= 15 is 0 Å². The fourth-order valence-corrected chi connectivity index (χ4v) is 3.10. The number of benzene rings is 1. The van der Waals surface area contributed by atoms with Gasteiger partial charge in [-0.1, -0.05) is 6.07 Å². The number of H-pyrrole nitrogens is 2. The maximum atomic E-state index is 11.5. The highest BCUT2D eigenvalue weighted by molar-refractivity contribution is 5.88. The zero-order valence-electron chi connectivity index (χ0n) is 13.0. The number of para-hydroxylation sites is 1. The van der Waals surface area contributed by atoms with Crippen molar-refractivity contribution < 1.29 is 0 Å². The predicted octanol–water partition coefficient (Wildman–Crippen LogP) is 0.307. The number of piperazine rings is 1. The summed E-state index contributed by atoms with van der Waals surface area (Å²) < 4.78 is 1.96. The molecule has 1 aromatic carbocycles. The second-order valence-corrected chi connectivity index (χ2v) is 5.90. The van der Waals surface area contributed by atoms with Gasteiger partial charge in [-0.05, 0) is 12.1 Å². The molecule has 0 unspecified atom stereocenters. The summed E-state index contributed by atoms with van der Waals surface area (Å²) >= 11 is 0. The molecule has 8 nitrogen and oxygen atoms in total. The summed E-state index contributed by atoms with van der Waals surface area (Å²) in [4.78, 5) is 21.9. The van der Waals surface area contributed by atoms with E-state index in [9.17, 15) is 4.79 Å². The molecule has 3 aromatic rings. The Labute approximate surface area is 132 Å². The van der Waals surface area contributed by atoms with E-state index in [1.165, 1.54) is 0 Å². The molecule has 0 aliphatic carbocycles. The molecule has 2 aromatic heterocycles. The van der Waals surface area contributed by atoms with Crippen molar-refractivity contribution >= 4 is 16.7 Å². The first-order valence-corrected chi connectivity index (χ1v) is 7.72. The highest BCUT2D eigenvalue weighted by Gasteiger charge is 2.20. The Kier molecular flexibility index (Phi) is 3.38. The van der Waals surface area contributed by atoms with Crippen molar-refractivity contribution in [3.63, 3.8) is 0 Å². The summed E-state index contributed by atoms with van der Waals surface area (Å²) in [6, 6.07) is 5.96. The second-order valence-electron chi connectivity index (χ2n) is 5.90. The maximum absolute atomic E-state index is 11.5. The molecule has 1 saturated heterocycles. The van der Waals surface area contributed by atoms with Crippen LogP contribution in [0.1, 0.15) is 5.82 Å². The summed E-state index contributed by atoms with van der Waals surface area (Å²) in [7, 11) is 1.97. The first-order chi connectivity index (χ1) is 11.2. The third kappa shape index (κ3) is 2.61. The smallest absolute Gasteiger partial charge is 0.323 e. The van der Waals surface area contributed by atoms with Gasteiger partial charge in [-0.15, -0.1) is 10.2 Å². The van der Waals surface area contributed by atoms with Crippen molar-refractivity contribution in [1.29, 1.82) is 0 Å². The van der Waals surface area contributed by atoms with E-state index in [1.54, 1.807) is 6.33 Å². The number of anilines is 1. The third-order valence-electron chi connectivity index (χ3n) is 4.41. The SMILES string of the molecule is Cn1cnnc1CN1CCN(c2cccc3[nH]c(=O)[nH]c23)CC1. The van der Waals surface area contributed by atoms with Crippen molar-refractivity contribution in [2.75, 3.05) is 31.1 Å². The van der Waals surface area contributed by atoms with Gasteiger partial charge in [-0.2, -0.15) is 0 Å². The lowest BCUT2D eigenvalue weighted by Gasteiger charge is -2.35. The third-order valence-corrected chi connectivity index (χ3v) is 4.41. The zero-order chi connectivity index (χ0) is 15.8. The second kappa shape index (κ2) is 5.54. The van der Waals surface area contributed by atoms with Gasteiger partial charge in [0.25, 0.3) is 0 Å². The molecule has 0 spiro atoms. The Hall–Kier alpha value is -2.61. The molecule has 0 amide bonds. The molecule has 1 aliphatic heterocycles. The number of hydrogen-bond donors (Lipinski definition) is 2. The van der Waals surface area contributed by atoms with E-state index in [4.69, 9.17) is 0 Å². The number of hydrogen-bond acceptors (Lipinski definition) is 5. The lowest BCUT2D eigenvalue weighted by Crippen LogP contribution is -2.46. The molecule has 1 aliphatic rings. The number of fused-ring (bicyclic) bond motifs is 1. The van der Waals surface area contributed by atoms with E-state index in [0.717, 1.165) is 55.3 Å². The fraction of sp³-hybridized carbons (Fsp3) is 0.400. The summed E-state index contributed by atoms with van der Waals surface area (Å²) in [5.74, 6) is 0.982. The van der Waals surface area contributed by atoms with E-state index in [0.29, 0.717) is 0 Å². The van der Waals surface area contributed by atoms with Crippen molar-refractivity contribution in [1.82, 2.24) is 29.6 Å². The quantitative estimate of drug-likeness (QED) is 0.727. The molecule has 8 heteroatoms. The van der Waals surface area contributed by atoms with Crippen LogP contribution < -0.4 is 10.6 Å². The van der Waals surface area contributed by atoms with Crippen LogP contribution in [0.2, 0.25) is 0 Å². The number of rotatable bonds is 3. The van der Waals surface area contributed by atoms with Crippen LogP contribution in [0, 0.1) is 0 Å². The van der Waals surface area contributed by atoms with Gasteiger partial charge in [0.1, 0.15) is 12.2 Å². The average Bonchev–Trinajstić information content (AvgIpc) is 3.13. The van der Waals surface area contributed by atoms with E-state index < -0.39 is 0 Å². The molecule has 23 heavy (non-hydrogen) atoms. The van der Waals surface area contributed by atoms with Gasteiger partial charge in [0, 0.05) is 33.2 Å². The predicted molar refractivity (Wildman–Crippen MR) is 87.4 cm³/mol. The Morgan fingerprint density at radius 1 is 1.17 bits per heavy atom. The molecule has 1 fully saturated rings. The van der Waals surface area contributed by atoms with Crippen LogP contribution in [0.4, 0.5) is 5.69 Å². The van der Waals surface area contributed by atoms with Gasteiger partial charge in [-0.3, -0.25) is 4.90 Å². The van der Waals surface area contributed by atoms with Crippen LogP contribution in [-0.4, -0.2) is 55.8 Å². The van der Waals surface area contributed by atoms with Crippen LogP contribution in [0.3, 0.4) is 0 Å². The van der Waals surface area contributed by atoms with Crippen LogP contribution in [0.15, 0.2) is 29.3 Å². The zero-order valence-corrected chi connectivity index (χ0v) is 13.0. The lowest BCUT2D eigenvalue weighted by molar-refractivity contribution is 0.241. The van der Waals surface area contributed by atoms with Gasteiger partial charge >= 0.3 is 5.69 Å². The molecule has 0 bridgehead atoms. The minimum absolute atomic E-state index is 0.159. The van der Waals surface area contributed by atoms with Crippen LogP contribution >= 0.6 is 0 Å². The lowest BCUT2D eigenvalue weighted by atomic mass is 10.2. The number of imidazole rings is 1. The Morgan fingerprint density at radius 2 is 2.00 bits per heavy atom. The molecule has 120 valence electrons. The highest BCUT2D eigenvalue weighted by Crippen LogP contribution is 2.24. The van der Waals surface area contributed by atoms with Crippen molar-refractivity contribution in [3.8, 4) is 0 Å². The Morgan fingerprint density at radius 3 is 2.74 bits per heavy atom. The standard InChI is InChI=1S/C15H19N7O/c1-20-10-16-19-13(20)9-21-5-7-22(8-6-21)12-4-2-3-11-14(12)18-15(23)17-11/h2-4,10H,5-9H2,1H3,(H2,17,18,23). The Bertz CT molecular complexity index is 869. The van der Waals surface area contributed by atoms with Crippen molar-refractivity contribution in [2.45, 2.75) is 6.54 Å². The largest absolute Gasteiger partial charge is 0.367 e. The van der Waals surface area contributed by atoms with Gasteiger partial charge < -0.3 is 19.4 Å². The van der Waals surface area contributed by atoms with Gasteiger partial charge in [0.05, 0.1) is 23.3 Å². The minimum atomic E-state index is -0.159. The molecule has 3 heterocycles. The monoisotopic (exact) mass is 313 g/mol. The first-order valence-electron chi connectivity index (χ1n) is 7.72. The van der Waals surface area contributed by atoms with Gasteiger partial charge in [-0.25, -0.2) is 4.79 Å². The van der Waals surface area contributed by atoms with E-state index in [-0.39, 0.29) is 5.69 Å². The number of aromatic amines is 2. The molecule has 0 atom stereocenters. The molecule has 4 rings (SSSR count). The molecular weight excluding hydrogens is 294 g/mol. The number of aromatic nitrogens is 5. The normalized spacial score (nSPS) is 16.3. The van der Waals surface area contributed by atoms with E-state index in [1.807, 2.05) is 23.7 Å². The summed E-state index contributed by atoms with van der Waals surface area (Å²) in [6.45, 7) is 4.57.